The second kappa shape index (κ2) is 7.58. The van der Waals surface area contributed by atoms with Gasteiger partial charge in [0, 0.05) is 36.7 Å². The number of hydrogen-bond acceptors (Lipinski definition) is 3. The molecule has 30 heavy (non-hydrogen) atoms. The molecule has 3 aromatic carbocycles. The molecule has 3 heterocycles. The first kappa shape index (κ1) is 18.8. The zero-order valence-electron chi connectivity index (χ0n) is 16.7. The lowest BCUT2D eigenvalue weighted by Crippen LogP contribution is -2.72. The molecule has 1 amide bonds. The Hall–Kier alpha value is -3.18. The summed E-state index contributed by atoms with van der Waals surface area (Å²) in [6.45, 7) is 1.32. The van der Waals surface area contributed by atoms with Gasteiger partial charge in [-0.2, -0.15) is 0 Å². The second-order valence-corrected chi connectivity index (χ2v) is 7.98. The van der Waals surface area contributed by atoms with Crippen molar-refractivity contribution in [2.24, 2.45) is 0 Å². The van der Waals surface area contributed by atoms with Crippen LogP contribution in [0.25, 0.3) is 11.1 Å². The van der Waals surface area contributed by atoms with Crippen LogP contribution in [0.3, 0.4) is 0 Å². The fourth-order valence-electron chi connectivity index (χ4n) is 4.63. The summed E-state index contributed by atoms with van der Waals surface area (Å²) in [5.41, 5.74) is 4.12. The van der Waals surface area contributed by atoms with Crippen LogP contribution in [0.4, 0.5) is 4.39 Å². The van der Waals surface area contributed by atoms with Crippen LogP contribution in [0.1, 0.15) is 21.8 Å². The molecule has 3 aliphatic heterocycles. The summed E-state index contributed by atoms with van der Waals surface area (Å²) in [6.07, 6.45) is 0. The third kappa shape index (κ3) is 3.35. The fraction of sp³-hybridized carbons (Fsp3) is 0.240. The number of nitrogens with zero attached hydrogens (tertiary/aromatic N) is 1. The summed E-state index contributed by atoms with van der Waals surface area (Å²) in [4.78, 5) is 14.6. The van der Waals surface area contributed by atoms with Crippen molar-refractivity contribution in [3.63, 3.8) is 0 Å². The average molecular weight is 402 g/mol. The molecular formula is C25H23FN2O2. The Morgan fingerprint density at radius 2 is 1.67 bits per heavy atom. The minimum atomic E-state index is -0.327. The predicted molar refractivity (Wildman–Crippen MR) is 114 cm³/mol. The highest BCUT2D eigenvalue weighted by molar-refractivity contribution is 5.94. The summed E-state index contributed by atoms with van der Waals surface area (Å²) in [5.74, 6) is 0.896. The number of rotatable bonds is 4. The fourth-order valence-corrected chi connectivity index (χ4v) is 4.63. The van der Waals surface area contributed by atoms with E-state index < -0.39 is 0 Å². The molecule has 0 radical (unpaired) electrons. The van der Waals surface area contributed by atoms with Crippen molar-refractivity contribution in [2.45, 2.75) is 18.0 Å². The lowest BCUT2D eigenvalue weighted by molar-refractivity contribution is 0.0367. The smallest absolute Gasteiger partial charge is 0.253 e. The number of benzene rings is 3. The number of nitrogens with one attached hydrogen (secondary N) is 1. The minimum absolute atomic E-state index is 0.0293. The SMILES string of the molecule is COc1cccc(-c2ccc(C3[C@@H]4CN(C(=O)c5ccc(F)cc5)C[C@H]3N4)cc2)c1. The third-order valence-electron chi connectivity index (χ3n) is 6.21. The highest BCUT2D eigenvalue weighted by atomic mass is 19.1. The maximum Gasteiger partial charge on any atom is 0.253 e. The maximum absolute atomic E-state index is 13.1. The molecule has 3 fully saturated rings. The standard InChI is InChI=1S/C25H23FN2O2/c1-30-21-4-2-3-19(13-21)16-5-7-17(8-6-16)24-22-14-28(15-23(24)27-22)25(29)18-9-11-20(26)12-10-18/h2-13,22-24,27H,14-15H2,1H3/t22-,23+,24?. The van der Waals surface area contributed by atoms with Gasteiger partial charge in [0.05, 0.1) is 7.11 Å². The zero-order chi connectivity index (χ0) is 20.7. The minimum Gasteiger partial charge on any atom is -0.497 e. The number of carbonyl (C=O) groups excluding carboxylic acids is 1. The number of piperazine rings is 1. The molecule has 5 heteroatoms. The van der Waals surface area contributed by atoms with E-state index in [2.05, 4.69) is 35.6 Å². The van der Waals surface area contributed by atoms with Crippen LogP contribution in [0.15, 0.2) is 72.8 Å². The molecule has 1 N–H and O–H groups in total. The Labute approximate surface area is 175 Å². The Kier molecular flexibility index (Phi) is 4.75. The lowest BCUT2D eigenvalue weighted by atomic mass is 9.74. The quantitative estimate of drug-likeness (QED) is 0.715. The highest BCUT2D eigenvalue weighted by Gasteiger charge is 2.48. The van der Waals surface area contributed by atoms with E-state index in [1.54, 1.807) is 19.2 Å². The van der Waals surface area contributed by atoms with Crippen LogP contribution >= 0.6 is 0 Å². The third-order valence-corrected chi connectivity index (χ3v) is 6.21. The summed E-state index contributed by atoms with van der Waals surface area (Å²) < 4.78 is 18.5. The monoisotopic (exact) mass is 402 g/mol. The van der Waals surface area contributed by atoms with E-state index in [4.69, 9.17) is 4.74 Å². The molecular weight excluding hydrogens is 379 g/mol. The maximum atomic E-state index is 13.1. The molecule has 0 aliphatic carbocycles. The summed E-state index contributed by atoms with van der Waals surface area (Å²) >= 11 is 0. The Balaban J connectivity index is 1.28. The van der Waals surface area contributed by atoms with Gasteiger partial charge in [-0.1, -0.05) is 36.4 Å². The van der Waals surface area contributed by atoms with E-state index in [0.717, 1.165) is 16.9 Å². The van der Waals surface area contributed by atoms with Crippen molar-refractivity contribution < 1.29 is 13.9 Å². The molecule has 152 valence electrons. The van der Waals surface area contributed by atoms with Gasteiger partial charge in [0.1, 0.15) is 11.6 Å². The van der Waals surface area contributed by atoms with Crippen molar-refractivity contribution in [2.75, 3.05) is 20.2 Å². The molecule has 1 unspecified atom stereocenters. The predicted octanol–water partition coefficient (Wildman–Crippen LogP) is 4.08. The largest absolute Gasteiger partial charge is 0.497 e. The normalized spacial score (nSPS) is 22.3. The summed E-state index contributed by atoms with van der Waals surface area (Å²) in [7, 11) is 1.68. The number of piperidine rings is 1. The first-order valence-electron chi connectivity index (χ1n) is 10.2. The number of amides is 1. The van der Waals surface area contributed by atoms with Gasteiger partial charge in [-0.05, 0) is 53.1 Å². The number of methoxy groups -OCH3 is 1. The summed E-state index contributed by atoms with van der Waals surface area (Å²) in [5, 5.41) is 3.56. The molecule has 3 aliphatic rings. The van der Waals surface area contributed by atoms with Crippen LogP contribution < -0.4 is 10.1 Å². The Morgan fingerprint density at radius 3 is 2.33 bits per heavy atom. The molecule has 3 aromatic rings. The zero-order valence-corrected chi connectivity index (χ0v) is 16.7. The molecule has 4 nitrogen and oxygen atoms in total. The first-order chi connectivity index (χ1) is 14.6. The molecule has 3 saturated heterocycles. The van der Waals surface area contributed by atoms with E-state index in [0.29, 0.717) is 24.6 Å². The highest BCUT2D eigenvalue weighted by Crippen LogP contribution is 2.38. The van der Waals surface area contributed by atoms with Crippen molar-refractivity contribution >= 4 is 5.91 Å². The molecule has 3 atom stereocenters. The van der Waals surface area contributed by atoms with E-state index in [1.165, 1.54) is 17.7 Å². The van der Waals surface area contributed by atoms with Gasteiger partial charge in [-0.3, -0.25) is 4.79 Å². The van der Waals surface area contributed by atoms with Crippen molar-refractivity contribution in [3.05, 3.63) is 89.7 Å². The van der Waals surface area contributed by atoms with E-state index in [-0.39, 0.29) is 23.8 Å². The Bertz CT molecular complexity index is 1050. The van der Waals surface area contributed by atoms with Crippen LogP contribution in [-0.4, -0.2) is 43.1 Å². The van der Waals surface area contributed by atoms with E-state index in [9.17, 15) is 9.18 Å². The van der Waals surface area contributed by atoms with Gasteiger partial charge in [0.2, 0.25) is 0 Å². The molecule has 0 aromatic heterocycles. The Morgan fingerprint density at radius 1 is 0.967 bits per heavy atom. The molecule has 6 rings (SSSR count). The van der Waals surface area contributed by atoms with E-state index >= 15 is 0 Å². The summed E-state index contributed by atoms with van der Waals surface area (Å²) in [6, 6.07) is 23.0. The van der Waals surface area contributed by atoms with Gasteiger partial charge in [0.25, 0.3) is 5.91 Å². The van der Waals surface area contributed by atoms with E-state index in [1.807, 2.05) is 23.1 Å². The molecule has 2 bridgehead atoms. The van der Waals surface area contributed by atoms with Gasteiger partial charge in [-0.25, -0.2) is 4.39 Å². The van der Waals surface area contributed by atoms with Crippen LogP contribution in [0.5, 0.6) is 5.75 Å². The number of ether oxygens (including phenoxy) is 1. The van der Waals surface area contributed by atoms with Crippen LogP contribution in [0, 0.1) is 5.82 Å². The molecule has 0 saturated carbocycles. The van der Waals surface area contributed by atoms with Gasteiger partial charge < -0.3 is 15.0 Å². The topological polar surface area (TPSA) is 41.6 Å². The van der Waals surface area contributed by atoms with Gasteiger partial charge in [0.15, 0.2) is 0 Å². The number of hydrogen-bond donors (Lipinski definition) is 1. The average Bonchev–Trinajstić information content (AvgIpc) is 2.79. The van der Waals surface area contributed by atoms with Crippen molar-refractivity contribution in [1.29, 1.82) is 0 Å². The lowest BCUT2D eigenvalue weighted by Gasteiger charge is -2.54. The second-order valence-electron chi connectivity index (χ2n) is 7.98. The number of carbonyl (C=O) groups is 1. The van der Waals surface area contributed by atoms with Crippen LogP contribution in [-0.2, 0) is 0 Å². The first-order valence-corrected chi connectivity index (χ1v) is 10.2. The van der Waals surface area contributed by atoms with Gasteiger partial charge in [-0.15, -0.1) is 0 Å². The number of fused-ring (bicyclic) bond motifs is 2. The van der Waals surface area contributed by atoms with Crippen molar-refractivity contribution in [1.82, 2.24) is 10.2 Å². The van der Waals surface area contributed by atoms with Crippen LogP contribution in [0.2, 0.25) is 0 Å². The molecule has 0 spiro atoms. The van der Waals surface area contributed by atoms with Gasteiger partial charge >= 0.3 is 0 Å². The number of halogens is 1. The van der Waals surface area contributed by atoms with Crippen molar-refractivity contribution in [3.8, 4) is 16.9 Å².